The van der Waals surface area contributed by atoms with Crippen LogP contribution in [0, 0.1) is 13.8 Å². The van der Waals surface area contributed by atoms with Gasteiger partial charge in [-0.2, -0.15) is 11.8 Å². The molecule has 0 radical (unpaired) electrons. The predicted molar refractivity (Wildman–Crippen MR) is 68.6 cm³/mol. The van der Waals surface area contributed by atoms with E-state index >= 15 is 0 Å². The molecule has 1 aliphatic heterocycles. The van der Waals surface area contributed by atoms with Gasteiger partial charge in [-0.05, 0) is 31.9 Å². The van der Waals surface area contributed by atoms with Gasteiger partial charge in [0, 0.05) is 23.6 Å². The molecular formula is C13H19NS. The molecule has 1 fully saturated rings. The number of rotatable bonds is 1. The molecule has 0 aliphatic carbocycles. The second-order valence-electron chi connectivity index (χ2n) is 4.52. The van der Waals surface area contributed by atoms with Crippen LogP contribution in [0.3, 0.4) is 0 Å². The maximum absolute atomic E-state index is 3.67. The van der Waals surface area contributed by atoms with Crippen LogP contribution in [-0.4, -0.2) is 17.5 Å². The molecule has 0 saturated carbocycles. The minimum absolute atomic E-state index is 0.541. The SMILES string of the molecule is Cc1ccc(C2CSCC(C)N2)c(C)c1. The highest BCUT2D eigenvalue weighted by Gasteiger charge is 2.20. The molecule has 2 unspecified atom stereocenters. The van der Waals surface area contributed by atoms with Crippen molar-refractivity contribution in [2.45, 2.75) is 32.9 Å². The lowest BCUT2D eigenvalue weighted by molar-refractivity contribution is 0.501. The van der Waals surface area contributed by atoms with Crippen LogP contribution in [0.5, 0.6) is 0 Å². The summed E-state index contributed by atoms with van der Waals surface area (Å²) in [6, 6.07) is 7.95. The predicted octanol–water partition coefficient (Wildman–Crippen LogP) is 3.07. The average Bonchev–Trinajstić information content (AvgIpc) is 2.17. The Morgan fingerprint density at radius 1 is 1.27 bits per heavy atom. The summed E-state index contributed by atoms with van der Waals surface area (Å²) in [5.74, 6) is 2.44. The zero-order valence-electron chi connectivity index (χ0n) is 9.71. The van der Waals surface area contributed by atoms with Gasteiger partial charge >= 0.3 is 0 Å². The highest BCUT2D eigenvalue weighted by molar-refractivity contribution is 7.99. The van der Waals surface area contributed by atoms with Gasteiger partial charge < -0.3 is 5.32 Å². The van der Waals surface area contributed by atoms with Crippen molar-refractivity contribution in [3.8, 4) is 0 Å². The first-order chi connectivity index (χ1) is 7.16. The Bertz CT molecular complexity index is 348. The molecule has 82 valence electrons. The molecule has 1 nitrogen and oxygen atoms in total. The number of hydrogen-bond donors (Lipinski definition) is 1. The number of nitrogens with one attached hydrogen (secondary N) is 1. The molecule has 2 heteroatoms. The van der Waals surface area contributed by atoms with Gasteiger partial charge in [0.1, 0.15) is 0 Å². The van der Waals surface area contributed by atoms with E-state index in [9.17, 15) is 0 Å². The molecule has 0 bridgehead atoms. The molecule has 1 N–H and O–H groups in total. The van der Waals surface area contributed by atoms with Crippen LogP contribution in [0.15, 0.2) is 18.2 Å². The molecule has 0 amide bonds. The number of hydrogen-bond acceptors (Lipinski definition) is 2. The van der Waals surface area contributed by atoms with E-state index in [2.05, 4.69) is 56.0 Å². The minimum atomic E-state index is 0.541. The Hall–Kier alpha value is -0.470. The fraction of sp³-hybridized carbons (Fsp3) is 0.538. The molecule has 0 spiro atoms. The second-order valence-corrected chi connectivity index (χ2v) is 5.59. The first-order valence-electron chi connectivity index (χ1n) is 5.58. The Balaban J connectivity index is 2.21. The van der Waals surface area contributed by atoms with E-state index in [0.29, 0.717) is 12.1 Å². The van der Waals surface area contributed by atoms with Gasteiger partial charge in [0.25, 0.3) is 0 Å². The van der Waals surface area contributed by atoms with E-state index in [1.54, 1.807) is 0 Å². The highest BCUT2D eigenvalue weighted by atomic mass is 32.2. The fourth-order valence-corrected chi connectivity index (χ4v) is 3.30. The molecular weight excluding hydrogens is 202 g/mol. The summed E-state index contributed by atoms with van der Waals surface area (Å²) in [7, 11) is 0. The molecule has 0 aromatic heterocycles. The van der Waals surface area contributed by atoms with Crippen molar-refractivity contribution in [1.82, 2.24) is 5.32 Å². The summed E-state index contributed by atoms with van der Waals surface area (Å²) >= 11 is 2.06. The molecule has 15 heavy (non-hydrogen) atoms. The van der Waals surface area contributed by atoms with E-state index < -0.39 is 0 Å². The van der Waals surface area contributed by atoms with Crippen LogP contribution in [0.2, 0.25) is 0 Å². The first-order valence-corrected chi connectivity index (χ1v) is 6.73. The average molecular weight is 221 g/mol. The molecule has 1 aromatic carbocycles. The Kier molecular flexibility index (Phi) is 3.37. The zero-order chi connectivity index (χ0) is 10.8. The first kappa shape index (κ1) is 11.0. The summed E-state index contributed by atoms with van der Waals surface area (Å²) in [5, 5.41) is 3.67. The van der Waals surface area contributed by atoms with Crippen molar-refractivity contribution in [3.05, 3.63) is 34.9 Å². The van der Waals surface area contributed by atoms with E-state index in [-0.39, 0.29) is 0 Å². The van der Waals surface area contributed by atoms with Gasteiger partial charge in [-0.3, -0.25) is 0 Å². The third kappa shape index (κ3) is 2.56. The van der Waals surface area contributed by atoms with Crippen molar-refractivity contribution in [3.63, 3.8) is 0 Å². The minimum Gasteiger partial charge on any atom is -0.306 e. The molecule has 2 rings (SSSR count). The third-order valence-corrected chi connectivity index (χ3v) is 4.24. The van der Waals surface area contributed by atoms with Crippen molar-refractivity contribution in [1.29, 1.82) is 0 Å². The second kappa shape index (κ2) is 4.58. The summed E-state index contributed by atoms with van der Waals surface area (Å²) in [6.45, 7) is 6.64. The summed E-state index contributed by atoms with van der Waals surface area (Å²) in [5.41, 5.74) is 4.25. The fourth-order valence-electron chi connectivity index (χ4n) is 2.20. The van der Waals surface area contributed by atoms with Gasteiger partial charge in [-0.15, -0.1) is 0 Å². The van der Waals surface area contributed by atoms with Gasteiger partial charge in [-0.25, -0.2) is 0 Å². The van der Waals surface area contributed by atoms with Crippen molar-refractivity contribution in [2.24, 2.45) is 0 Å². The molecule has 1 heterocycles. The van der Waals surface area contributed by atoms with Crippen LogP contribution in [0.25, 0.3) is 0 Å². The van der Waals surface area contributed by atoms with Crippen LogP contribution >= 0.6 is 11.8 Å². The van der Waals surface area contributed by atoms with Gasteiger partial charge in [-0.1, -0.05) is 23.8 Å². The highest BCUT2D eigenvalue weighted by Crippen LogP contribution is 2.26. The van der Waals surface area contributed by atoms with E-state index in [4.69, 9.17) is 0 Å². The van der Waals surface area contributed by atoms with E-state index in [1.165, 1.54) is 28.2 Å². The monoisotopic (exact) mass is 221 g/mol. The lowest BCUT2D eigenvalue weighted by Gasteiger charge is -2.29. The number of aryl methyl sites for hydroxylation is 2. The quantitative estimate of drug-likeness (QED) is 0.782. The molecule has 1 aromatic rings. The number of thioether (sulfide) groups is 1. The summed E-state index contributed by atoms with van der Waals surface area (Å²) in [4.78, 5) is 0. The van der Waals surface area contributed by atoms with Crippen LogP contribution in [-0.2, 0) is 0 Å². The van der Waals surface area contributed by atoms with Crippen LogP contribution < -0.4 is 5.32 Å². The topological polar surface area (TPSA) is 12.0 Å². The Morgan fingerprint density at radius 3 is 2.73 bits per heavy atom. The lowest BCUT2D eigenvalue weighted by Crippen LogP contribution is -2.38. The molecule has 1 saturated heterocycles. The van der Waals surface area contributed by atoms with Crippen molar-refractivity contribution in [2.75, 3.05) is 11.5 Å². The van der Waals surface area contributed by atoms with E-state index in [1.807, 2.05) is 0 Å². The molecule has 2 atom stereocenters. The van der Waals surface area contributed by atoms with Crippen LogP contribution in [0.4, 0.5) is 0 Å². The van der Waals surface area contributed by atoms with Crippen LogP contribution in [0.1, 0.15) is 29.7 Å². The maximum atomic E-state index is 3.67. The standard InChI is InChI=1S/C13H19NS/c1-9-4-5-12(10(2)6-9)13-8-15-7-11(3)14-13/h4-6,11,13-14H,7-8H2,1-3H3. The summed E-state index contributed by atoms with van der Waals surface area (Å²) in [6.07, 6.45) is 0. The van der Waals surface area contributed by atoms with Crippen molar-refractivity contribution < 1.29 is 0 Å². The smallest absolute Gasteiger partial charge is 0.0416 e. The molecule has 1 aliphatic rings. The summed E-state index contributed by atoms with van der Waals surface area (Å²) < 4.78 is 0. The zero-order valence-corrected chi connectivity index (χ0v) is 10.5. The Labute approximate surface area is 96.7 Å². The van der Waals surface area contributed by atoms with Gasteiger partial charge in [0.05, 0.1) is 0 Å². The van der Waals surface area contributed by atoms with Gasteiger partial charge in [0.15, 0.2) is 0 Å². The third-order valence-electron chi connectivity index (χ3n) is 2.94. The Morgan fingerprint density at radius 2 is 2.07 bits per heavy atom. The number of benzene rings is 1. The maximum Gasteiger partial charge on any atom is 0.0416 e. The normalized spacial score (nSPS) is 26.6. The van der Waals surface area contributed by atoms with Gasteiger partial charge in [0.2, 0.25) is 0 Å². The van der Waals surface area contributed by atoms with Crippen molar-refractivity contribution >= 4 is 11.8 Å². The lowest BCUT2D eigenvalue weighted by atomic mass is 9.99. The van der Waals surface area contributed by atoms with E-state index in [0.717, 1.165) is 0 Å². The largest absolute Gasteiger partial charge is 0.306 e.